The molecule has 4 aliphatic rings. The van der Waals surface area contributed by atoms with Crippen LogP contribution in [-0.2, 0) is 0 Å². The second-order valence-corrected chi connectivity index (χ2v) is 5.92. The van der Waals surface area contributed by atoms with E-state index in [1.54, 1.807) is 0 Å². The quantitative estimate of drug-likeness (QED) is 0.734. The van der Waals surface area contributed by atoms with Gasteiger partial charge in [-0.2, -0.15) is 0 Å². The molecule has 0 saturated heterocycles. The summed E-state index contributed by atoms with van der Waals surface area (Å²) >= 11 is 0. The highest BCUT2D eigenvalue weighted by molar-refractivity contribution is 5.85. The number of nitrogens with one attached hydrogen (secondary N) is 1. The van der Waals surface area contributed by atoms with Crippen LogP contribution in [0.3, 0.4) is 0 Å². The van der Waals surface area contributed by atoms with Gasteiger partial charge in [0.25, 0.3) is 0 Å². The maximum Gasteiger partial charge on any atom is 0.0359 e. The summed E-state index contributed by atoms with van der Waals surface area (Å²) in [5, 5.41) is 2.41. The van der Waals surface area contributed by atoms with Crippen LogP contribution in [0, 0.1) is 17.8 Å². The molecule has 0 aliphatic heterocycles. The first-order chi connectivity index (χ1) is 6.72. The van der Waals surface area contributed by atoms with Crippen LogP contribution in [0.15, 0.2) is 0 Å². The van der Waals surface area contributed by atoms with Gasteiger partial charge in [0.1, 0.15) is 0 Å². The number of halogens is 1. The van der Waals surface area contributed by atoms with Gasteiger partial charge in [0, 0.05) is 12.6 Å². The van der Waals surface area contributed by atoms with Gasteiger partial charge in [0.15, 0.2) is 0 Å². The van der Waals surface area contributed by atoms with Crippen LogP contribution in [-0.4, -0.2) is 24.6 Å². The predicted octanol–water partition coefficient (Wildman–Crippen LogP) is 2.44. The third-order valence-corrected chi connectivity index (χ3v) is 5.05. The van der Waals surface area contributed by atoms with E-state index in [-0.39, 0.29) is 12.4 Å². The Balaban J connectivity index is 0.000000853. The van der Waals surface area contributed by atoms with E-state index in [0.717, 1.165) is 17.8 Å². The smallest absolute Gasteiger partial charge is 0.0359 e. The second-order valence-electron chi connectivity index (χ2n) is 5.92. The molecule has 15 heavy (non-hydrogen) atoms. The molecular formula is C12H23ClN2. The lowest BCUT2D eigenvalue weighted by molar-refractivity contribution is -0.0948. The number of hydrogen-bond donors (Lipinski definition) is 1. The zero-order chi connectivity index (χ0) is 9.76. The summed E-state index contributed by atoms with van der Waals surface area (Å²) < 4.78 is 0. The predicted molar refractivity (Wildman–Crippen MR) is 65.0 cm³/mol. The monoisotopic (exact) mass is 230 g/mol. The summed E-state index contributed by atoms with van der Waals surface area (Å²) in [6.45, 7) is 0. The van der Waals surface area contributed by atoms with Crippen molar-refractivity contribution in [3.05, 3.63) is 0 Å². The molecule has 4 fully saturated rings. The summed E-state index contributed by atoms with van der Waals surface area (Å²) in [6.07, 6.45) is 8.98. The molecule has 4 aliphatic carbocycles. The maximum atomic E-state index is 3.36. The molecular weight excluding hydrogens is 208 g/mol. The van der Waals surface area contributed by atoms with Gasteiger partial charge in [0.2, 0.25) is 0 Å². The third kappa shape index (κ3) is 1.71. The first kappa shape index (κ1) is 11.7. The van der Waals surface area contributed by atoms with Gasteiger partial charge in [-0.3, -0.25) is 5.43 Å². The van der Waals surface area contributed by atoms with Crippen molar-refractivity contribution in [3.8, 4) is 0 Å². The van der Waals surface area contributed by atoms with Crippen molar-refractivity contribution in [2.45, 2.75) is 44.1 Å². The molecule has 4 bridgehead atoms. The second kappa shape index (κ2) is 3.90. The van der Waals surface area contributed by atoms with Gasteiger partial charge in [-0.05, 0) is 63.3 Å². The highest BCUT2D eigenvalue weighted by Gasteiger charge is 2.52. The van der Waals surface area contributed by atoms with Gasteiger partial charge in [-0.1, -0.05) is 0 Å². The van der Waals surface area contributed by atoms with Gasteiger partial charge in [0.05, 0.1) is 0 Å². The highest BCUT2D eigenvalue weighted by Crippen LogP contribution is 2.57. The van der Waals surface area contributed by atoms with Crippen LogP contribution in [0.4, 0.5) is 0 Å². The Labute approximate surface area is 99.2 Å². The van der Waals surface area contributed by atoms with Crippen LogP contribution in [0.25, 0.3) is 0 Å². The minimum Gasteiger partial charge on any atom is -0.258 e. The lowest BCUT2D eigenvalue weighted by Gasteiger charge is -2.59. The summed E-state index contributed by atoms with van der Waals surface area (Å²) in [5.41, 5.74) is 3.89. The maximum absolute atomic E-state index is 3.36. The molecule has 0 unspecified atom stereocenters. The molecule has 0 atom stereocenters. The standard InChI is InChI=1S/C12H22N2.ClH/c1-13-14(2)12-6-9-3-10(7-12)5-11(4-9)8-12;/h9-11,13H,3-8H2,1-2H3;1H. The Bertz CT molecular complexity index is 206. The first-order valence-corrected chi connectivity index (χ1v) is 6.13. The van der Waals surface area contributed by atoms with Crippen LogP contribution < -0.4 is 5.43 Å². The lowest BCUT2D eigenvalue weighted by Crippen LogP contribution is -2.61. The van der Waals surface area contributed by atoms with E-state index in [0.29, 0.717) is 5.54 Å². The van der Waals surface area contributed by atoms with E-state index in [1.807, 2.05) is 0 Å². The molecule has 4 saturated carbocycles. The molecule has 1 N–H and O–H groups in total. The Kier molecular flexibility index (Phi) is 3.04. The van der Waals surface area contributed by atoms with E-state index < -0.39 is 0 Å². The molecule has 0 aromatic carbocycles. The Morgan fingerprint density at radius 3 is 1.73 bits per heavy atom. The topological polar surface area (TPSA) is 15.3 Å². The van der Waals surface area contributed by atoms with Gasteiger partial charge in [-0.15, -0.1) is 12.4 Å². The van der Waals surface area contributed by atoms with Gasteiger partial charge in [-0.25, -0.2) is 5.01 Å². The summed E-state index contributed by atoms with van der Waals surface area (Å²) in [5.74, 6) is 3.16. The molecule has 0 heterocycles. The lowest BCUT2D eigenvalue weighted by atomic mass is 9.53. The minimum atomic E-state index is 0. The molecule has 0 radical (unpaired) electrons. The van der Waals surface area contributed by atoms with Crippen LogP contribution >= 0.6 is 12.4 Å². The summed E-state index contributed by atoms with van der Waals surface area (Å²) in [4.78, 5) is 0. The van der Waals surface area contributed by atoms with Crippen LogP contribution in [0.2, 0.25) is 0 Å². The van der Waals surface area contributed by atoms with Crippen LogP contribution in [0.1, 0.15) is 38.5 Å². The van der Waals surface area contributed by atoms with Gasteiger partial charge < -0.3 is 0 Å². The summed E-state index contributed by atoms with van der Waals surface area (Å²) in [6, 6.07) is 0. The normalized spacial score (nSPS) is 47.0. The van der Waals surface area contributed by atoms with Gasteiger partial charge >= 0.3 is 0 Å². The zero-order valence-corrected chi connectivity index (χ0v) is 10.6. The number of hydrogen-bond acceptors (Lipinski definition) is 2. The molecule has 4 rings (SSSR count). The molecule has 0 amide bonds. The minimum absolute atomic E-state index is 0. The van der Waals surface area contributed by atoms with E-state index in [2.05, 4.69) is 24.5 Å². The molecule has 0 aromatic heterocycles. The number of hydrazine groups is 1. The van der Waals surface area contributed by atoms with Crippen molar-refractivity contribution in [3.63, 3.8) is 0 Å². The average Bonchev–Trinajstić information content (AvgIpc) is 2.14. The Morgan fingerprint density at radius 2 is 1.40 bits per heavy atom. The zero-order valence-electron chi connectivity index (χ0n) is 9.83. The third-order valence-electron chi connectivity index (χ3n) is 5.05. The molecule has 0 spiro atoms. The van der Waals surface area contributed by atoms with Crippen molar-refractivity contribution < 1.29 is 0 Å². The number of rotatable bonds is 2. The van der Waals surface area contributed by atoms with E-state index in [4.69, 9.17) is 0 Å². The van der Waals surface area contributed by atoms with Crippen molar-refractivity contribution in [2.24, 2.45) is 17.8 Å². The molecule has 3 heteroatoms. The van der Waals surface area contributed by atoms with Crippen molar-refractivity contribution in [1.29, 1.82) is 0 Å². The van der Waals surface area contributed by atoms with Crippen LogP contribution in [0.5, 0.6) is 0 Å². The average molecular weight is 231 g/mol. The van der Waals surface area contributed by atoms with E-state index in [9.17, 15) is 0 Å². The van der Waals surface area contributed by atoms with Crippen molar-refractivity contribution >= 4 is 12.4 Å². The SMILES string of the molecule is CNN(C)C12CC3CC(CC(C3)C1)C2.Cl. The first-order valence-electron chi connectivity index (χ1n) is 6.13. The van der Waals surface area contributed by atoms with E-state index in [1.165, 1.54) is 38.5 Å². The molecule has 88 valence electrons. The fraction of sp³-hybridized carbons (Fsp3) is 1.00. The number of nitrogens with zero attached hydrogens (tertiary/aromatic N) is 1. The van der Waals surface area contributed by atoms with E-state index >= 15 is 0 Å². The fourth-order valence-electron chi connectivity index (χ4n) is 4.71. The molecule has 2 nitrogen and oxygen atoms in total. The van der Waals surface area contributed by atoms with Crippen molar-refractivity contribution in [2.75, 3.05) is 14.1 Å². The Hall–Kier alpha value is 0.210. The highest BCUT2D eigenvalue weighted by atomic mass is 35.5. The fourth-order valence-corrected chi connectivity index (χ4v) is 4.71. The summed E-state index contributed by atoms with van der Waals surface area (Å²) in [7, 11) is 4.31. The Morgan fingerprint density at radius 1 is 1.00 bits per heavy atom. The molecule has 0 aromatic rings. The van der Waals surface area contributed by atoms with Crippen molar-refractivity contribution in [1.82, 2.24) is 10.4 Å². The largest absolute Gasteiger partial charge is 0.258 e.